The topological polar surface area (TPSA) is 41.1 Å². The van der Waals surface area contributed by atoms with E-state index in [1.54, 1.807) is 0 Å². The fourth-order valence-corrected chi connectivity index (χ4v) is 0.539. The lowest BCUT2D eigenvalue weighted by Gasteiger charge is -2.18. The van der Waals surface area contributed by atoms with Gasteiger partial charge in [-0.05, 0) is 5.41 Å². The average Bonchev–Trinajstić information content (AvgIpc) is 1.95. The third-order valence-corrected chi connectivity index (χ3v) is 1.13. The van der Waals surface area contributed by atoms with E-state index in [1.807, 2.05) is 0 Å². The van der Waals surface area contributed by atoms with Crippen molar-refractivity contribution >= 4 is 6.03 Å². The van der Waals surface area contributed by atoms with Crippen molar-refractivity contribution in [1.29, 1.82) is 0 Å². The standard InChI is InChI=1S/C9H16N2O/c1-5-6-10-8(12)11-7-9(2,3)4/h1H,6-7H2,2-4H3,(H2,10,11,12). The van der Waals surface area contributed by atoms with Gasteiger partial charge in [0.2, 0.25) is 0 Å². The largest absolute Gasteiger partial charge is 0.338 e. The van der Waals surface area contributed by atoms with Gasteiger partial charge in [0.25, 0.3) is 0 Å². The minimum Gasteiger partial charge on any atom is -0.338 e. The van der Waals surface area contributed by atoms with Crippen LogP contribution in [0.2, 0.25) is 0 Å². The second-order valence-electron chi connectivity index (χ2n) is 3.80. The Kier molecular flexibility index (Phi) is 4.20. The van der Waals surface area contributed by atoms with Crippen LogP contribution in [0.3, 0.4) is 0 Å². The minimum atomic E-state index is -0.206. The molecule has 2 amide bonds. The van der Waals surface area contributed by atoms with Crippen LogP contribution in [-0.4, -0.2) is 19.1 Å². The highest BCUT2D eigenvalue weighted by Crippen LogP contribution is 2.09. The summed E-state index contributed by atoms with van der Waals surface area (Å²) >= 11 is 0. The van der Waals surface area contributed by atoms with Crippen molar-refractivity contribution in [3.05, 3.63) is 0 Å². The number of hydrogen-bond acceptors (Lipinski definition) is 1. The highest BCUT2D eigenvalue weighted by atomic mass is 16.2. The molecule has 0 aromatic rings. The van der Waals surface area contributed by atoms with Crippen LogP contribution >= 0.6 is 0 Å². The van der Waals surface area contributed by atoms with Gasteiger partial charge in [-0.1, -0.05) is 26.7 Å². The number of urea groups is 1. The van der Waals surface area contributed by atoms with Crippen LogP contribution in [-0.2, 0) is 0 Å². The number of hydrogen-bond donors (Lipinski definition) is 2. The SMILES string of the molecule is C#CCNC(=O)NCC(C)(C)C. The lowest BCUT2D eigenvalue weighted by molar-refractivity contribution is 0.236. The van der Waals surface area contributed by atoms with Gasteiger partial charge in [-0.2, -0.15) is 0 Å². The number of amides is 2. The second kappa shape index (κ2) is 4.66. The number of nitrogens with one attached hydrogen (secondary N) is 2. The Morgan fingerprint density at radius 2 is 2.00 bits per heavy atom. The summed E-state index contributed by atoms with van der Waals surface area (Å²) in [5.74, 6) is 2.32. The van der Waals surface area contributed by atoms with Gasteiger partial charge in [0.05, 0.1) is 6.54 Å². The number of carbonyl (C=O) groups is 1. The molecule has 0 aliphatic heterocycles. The first kappa shape index (κ1) is 10.8. The van der Waals surface area contributed by atoms with E-state index in [2.05, 4.69) is 37.3 Å². The summed E-state index contributed by atoms with van der Waals surface area (Å²) in [4.78, 5) is 10.9. The van der Waals surface area contributed by atoms with Crippen LogP contribution < -0.4 is 10.6 Å². The van der Waals surface area contributed by atoms with Crippen LogP contribution in [0.5, 0.6) is 0 Å². The van der Waals surface area contributed by atoms with Gasteiger partial charge in [-0.25, -0.2) is 4.79 Å². The van der Waals surface area contributed by atoms with E-state index in [-0.39, 0.29) is 18.0 Å². The summed E-state index contributed by atoms with van der Waals surface area (Å²) in [5.41, 5.74) is 0.105. The first-order chi connectivity index (χ1) is 5.45. The molecule has 0 rings (SSSR count). The van der Waals surface area contributed by atoms with Crippen molar-refractivity contribution in [3.63, 3.8) is 0 Å². The van der Waals surface area contributed by atoms with Gasteiger partial charge in [0.1, 0.15) is 0 Å². The smallest absolute Gasteiger partial charge is 0.315 e. The first-order valence-corrected chi connectivity index (χ1v) is 3.91. The van der Waals surface area contributed by atoms with Crippen molar-refractivity contribution in [2.24, 2.45) is 5.41 Å². The first-order valence-electron chi connectivity index (χ1n) is 3.91. The predicted molar refractivity (Wildman–Crippen MR) is 49.7 cm³/mol. The molecule has 0 unspecified atom stereocenters. The third kappa shape index (κ3) is 6.94. The molecule has 0 aromatic carbocycles. The van der Waals surface area contributed by atoms with E-state index in [0.29, 0.717) is 6.54 Å². The third-order valence-electron chi connectivity index (χ3n) is 1.13. The molecule has 0 saturated heterocycles. The summed E-state index contributed by atoms with van der Waals surface area (Å²) in [5, 5.41) is 5.23. The molecule has 12 heavy (non-hydrogen) atoms. The van der Waals surface area contributed by atoms with Crippen molar-refractivity contribution in [1.82, 2.24) is 10.6 Å². The molecule has 2 N–H and O–H groups in total. The average molecular weight is 168 g/mol. The highest BCUT2D eigenvalue weighted by Gasteiger charge is 2.10. The lowest BCUT2D eigenvalue weighted by Crippen LogP contribution is -2.39. The highest BCUT2D eigenvalue weighted by molar-refractivity contribution is 5.74. The normalized spacial score (nSPS) is 10.2. The number of terminal acetylenes is 1. The monoisotopic (exact) mass is 168 g/mol. The Morgan fingerprint density at radius 1 is 1.42 bits per heavy atom. The molecular weight excluding hydrogens is 152 g/mol. The molecule has 0 aliphatic carbocycles. The zero-order valence-corrected chi connectivity index (χ0v) is 7.90. The zero-order valence-electron chi connectivity index (χ0n) is 7.90. The Bertz CT molecular complexity index is 186. The van der Waals surface area contributed by atoms with Gasteiger partial charge in [-0.3, -0.25) is 0 Å². The number of rotatable bonds is 2. The van der Waals surface area contributed by atoms with Crippen molar-refractivity contribution in [2.75, 3.05) is 13.1 Å². The van der Waals surface area contributed by atoms with E-state index >= 15 is 0 Å². The Labute approximate surface area is 73.9 Å². The molecule has 0 spiro atoms. The van der Waals surface area contributed by atoms with Crippen LogP contribution in [0.15, 0.2) is 0 Å². The van der Waals surface area contributed by atoms with Crippen LogP contribution in [0, 0.1) is 17.8 Å². The summed E-state index contributed by atoms with van der Waals surface area (Å²) in [6, 6.07) is -0.206. The van der Waals surface area contributed by atoms with Gasteiger partial charge >= 0.3 is 6.03 Å². The Balaban J connectivity index is 3.53. The van der Waals surface area contributed by atoms with E-state index < -0.39 is 0 Å². The van der Waals surface area contributed by atoms with Crippen LogP contribution in [0.1, 0.15) is 20.8 Å². The quantitative estimate of drug-likeness (QED) is 0.592. The van der Waals surface area contributed by atoms with Crippen molar-refractivity contribution in [2.45, 2.75) is 20.8 Å². The lowest BCUT2D eigenvalue weighted by atomic mass is 9.97. The number of carbonyl (C=O) groups excluding carboxylic acids is 1. The Hall–Kier alpha value is -1.17. The van der Waals surface area contributed by atoms with E-state index in [4.69, 9.17) is 6.42 Å². The molecule has 0 aliphatic rings. The van der Waals surface area contributed by atoms with Crippen molar-refractivity contribution in [3.8, 4) is 12.3 Å². The van der Waals surface area contributed by atoms with E-state index in [1.165, 1.54) is 0 Å². The second-order valence-corrected chi connectivity index (χ2v) is 3.80. The minimum absolute atomic E-state index is 0.105. The molecular formula is C9H16N2O. The fourth-order valence-electron chi connectivity index (χ4n) is 0.539. The molecule has 0 heterocycles. The predicted octanol–water partition coefficient (Wildman–Crippen LogP) is 0.965. The van der Waals surface area contributed by atoms with Gasteiger partial charge in [0, 0.05) is 6.54 Å². The molecule has 0 radical (unpaired) electrons. The Morgan fingerprint density at radius 3 is 2.42 bits per heavy atom. The maximum Gasteiger partial charge on any atom is 0.315 e. The van der Waals surface area contributed by atoms with Gasteiger partial charge in [0.15, 0.2) is 0 Å². The molecule has 3 heteroatoms. The van der Waals surface area contributed by atoms with Gasteiger partial charge < -0.3 is 10.6 Å². The summed E-state index contributed by atoms with van der Waals surface area (Å²) in [7, 11) is 0. The maximum atomic E-state index is 10.9. The van der Waals surface area contributed by atoms with E-state index in [0.717, 1.165) is 0 Å². The van der Waals surface area contributed by atoms with Crippen LogP contribution in [0.25, 0.3) is 0 Å². The molecule has 0 saturated carbocycles. The van der Waals surface area contributed by atoms with E-state index in [9.17, 15) is 4.79 Å². The molecule has 0 fully saturated rings. The summed E-state index contributed by atoms with van der Waals surface area (Å²) in [6.07, 6.45) is 4.97. The van der Waals surface area contributed by atoms with Crippen LogP contribution in [0.4, 0.5) is 4.79 Å². The fraction of sp³-hybridized carbons (Fsp3) is 0.667. The molecule has 3 nitrogen and oxygen atoms in total. The molecule has 0 bridgehead atoms. The molecule has 68 valence electrons. The molecule has 0 atom stereocenters. The summed E-state index contributed by atoms with van der Waals surface area (Å²) in [6.45, 7) is 7.07. The molecule has 0 aromatic heterocycles. The maximum absolute atomic E-state index is 10.9. The van der Waals surface area contributed by atoms with Gasteiger partial charge in [-0.15, -0.1) is 6.42 Å². The van der Waals surface area contributed by atoms with Crippen molar-refractivity contribution < 1.29 is 4.79 Å². The summed E-state index contributed by atoms with van der Waals surface area (Å²) < 4.78 is 0. The zero-order chi connectivity index (χ0) is 9.61.